The Hall–Kier alpha value is -0.320. The van der Waals surface area contributed by atoms with Crippen LogP contribution in [0.4, 0.5) is 0 Å². The van der Waals surface area contributed by atoms with Crippen LogP contribution in [0.15, 0.2) is 0 Å². The topological polar surface area (TPSA) is 50.4 Å². The number of ether oxygens (including phenoxy) is 1. The van der Waals surface area contributed by atoms with Gasteiger partial charge in [-0.15, -0.1) is 12.4 Å². The van der Waals surface area contributed by atoms with Crippen LogP contribution >= 0.6 is 12.4 Å². The standard InChI is InChI=1S/C17H32N2O2.ClH/c1-3-16(21-15-6-4-5-13(2)11-15)17(20)19-10-8-14-7-9-18-12-14;/h13-16,18H,3-12H2,1-2H3,(H,19,20);1H. The van der Waals surface area contributed by atoms with Gasteiger partial charge >= 0.3 is 0 Å². The van der Waals surface area contributed by atoms with Gasteiger partial charge in [-0.1, -0.05) is 26.7 Å². The van der Waals surface area contributed by atoms with Crippen LogP contribution in [-0.4, -0.2) is 37.7 Å². The number of halogens is 1. The van der Waals surface area contributed by atoms with E-state index in [0.717, 1.165) is 57.2 Å². The van der Waals surface area contributed by atoms with E-state index in [2.05, 4.69) is 17.6 Å². The Morgan fingerprint density at radius 1 is 1.36 bits per heavy atom. The molecule has 22 heavy (non-hydrogen) atoms. The van der Waals surface area contributed by atoms with Gasteiger partial charge in [0, 0.05) is 6.54 Å². The summed E-state index contributed by atoms with van der Waals surface area (Å²) in [4.78, 5) is 12.3. The summed E-state index contributed by atoms with van der Waals surface area (Å²) >= 11 is 0. The van der Waals surface area contributed by atoms with Gasteiger partial charge in [0.05, 0.1) is 6.10 Å². The lowest BCUT2D eigenvalue weighted by Crippen LogP contribution is -2.40. The molecule has 0 aromatic rings. The van der Waals surface area contributed by atoms with Crippen molar-refractivity contribution in [3.63, 3.8) is 0 Å². The zero-order valence-electron chi connectivity index (χ0n) is 14.1. The predicted molar refractivity (Wildman–Crippen MR) is 92.4 cm³/mol. The van der Waals surface area contributed by atoms with E-state index in [0.29, 0.717) is 0 Å². The highest BCUT2D eigenvalue weighted by Crippen LogP contribution is 2.27. The van der Waals surface area contributed by atoms with Crippen molar-refractivity contribution in [3.8, 4) is 0 Å². The molecule has 2 rings (SSSR count). The minimum Gasteiger partial charge on any atom is -0.365 e. The highest BCUT2D eigenvalue weighted by Gasteiger charge is 2.25. The normalized spacial score (nSPS) is 29.6. The van der Waals surface area contributed by atoms with Crippen molar-refractivity contribution in [2.24, 2.45) is 11.8 Å². The number of hydrogen-bond acceptors (Lipinski definition) is 3. The molecule has 1 aliphatic heterocycles. The van der Waals surface area contributed by atoms with Crippen molar-refractivity contribution >= 4 is 18.3 Å². The first kappa shape index (κ1) is 19.7. The molecule has 5 heteroatoms. The summed E-state index contributed by atoms with van der Waals surface area (Å²) in [6, 6.07) is 0. The quantitative estimate of drug-likeness (QED) is 0.753. The van der Waals surface area contributed by atoms with Gasteiger partial charge in [-0.3, -0.25) is 4.79 Å². The Balaban J connectivity index is 0.00000242. The fourth-order valence-corrected chi connectivity index (χ4v) is 3.55. The SMILES string of the molecule is CCC(OC1CCCC(C)C1)C(=O)NCCC1CCNC1.Cl. The molecule has 0 aromatic heterocycles. The minimum absolute atomic E-state index is 0. The Morgan fingerprint density at radius 3 is 2.82 bits per heavy atom. The fourth-order valence-electron chi connectivity index (χ4n) is 3.55. The Morgan fingerprint density at radius 2 is 2.18 bits per heavy atom. The Bertz CT molecular complexity index is 322. The lowest BCUT2D eigenvalue weighted by molar-refractivity contribution is -0.139. The predicted octanol–water partition coefficient (Wildman–Crippen LogP) is 2.90. The van der Waals surface area contributed by atoms with Gasteiger partial charge in [0.1, 0.15) is 6.10 Å². The summed E-state index contributed by atoms with van der Waals surface area (Å²) in [7, 11) is 0. The van der Waals surface area contributed by atoms with Crippen molar-refractivity contribution in [1.29, 1.82) is 0 Å². The number of carbonyl (C=O) groups is 1. The van der Waals surface area contributed by atoms with Crippen LogP contribution in [0.2, 0.25) is 0 Å². The lowest BCUT2D eigenvalue weighted by atomic mass is 9.88. The van der Waals surface area contributed by atoms with Gasteiger partial charge in [0.2, 0.25) is 5.91 Å². The summed E-state index contributed by atoms with van der Waals surface area (Å²) < 4.78 is 6.07. The smallest absolute Gasteiger partial charge is 0.249 e. The van der Waals surface area contributed by atoms with Crippen molar-refractivity contribution in [3.05, 3.63) is 0 Å². The van der Waals surface area contributed by atoms with Gasteiger partial charge in [-0.25, -0.2) is 0 Å². The lowest BCUT2D eigenvalue weighted by Gasteiger charge is -2.29. The van der Waals surface area contributed by atoms with Crippen molar-refractivity contribution in [2.45, 2.75) is 71.0 Å². The van der Waals surface area contributed by atoms with E-state index in [9.17, 15) is 4.79 Å². The van der Waals surface area contributed by atoms with E-state index in [4.69, 9.17) is 4.74 Å². The van der Waals surface area contributed by atoms with Gasteiger partial charge in [0.15, 0.2) is 0 Å². The summed E-state index contributed by atoms with van der Waals surface area (Å²) in [5.74, 6) is 1.55. The van der Waals surface area contributed by atoms with Gasteiger partial charge < -0.3 is 15.4 Å². The fraction of sp³-hybridized carbons (Fsp3) is 0.941. The number of nitrogens with one attached hydrogen (secondary N) is 2. The van der Waals surface area contributed by atoms with Crippen LogP contribution in [0.25, 0.3) is 0 Å². The molecule has 4 nitrogen and oxygen atoms in total. The second-order valence-corrected chi connectivity index (χ2v) is 6.87. The summed E-state index contributed by atoms with van der Waals surface area (Å²) in [6.07, 6.45) is 7.86. The molecule has 0 radical (unpaired) electrons. The molecule has 0 aromatic carbocycles. The molecule has 130 valence electrons. The molecule has 4 unspecified atom stereocenters. The van der Waals surface area contributed by atoms with Crippen molar-refractivity contribution in [1.82, 2.24) is 10.6 Å². The first-order valence-electron chi connectivity index (χ1n) is 8.83. The number of amides is 1. The molecule has 0 bridgehead atoms. The Labute approximate surface area is 141 Å². The zero-order chi connectivity index (χ0) is 15.1. The molecule has 2 fully saturated rings. The van der Waals surface area contributed by atoms with E-state index in [1.54, 1.807) is 0 Å². The van der Waals surface area contributed by atoms with Crippen LogP contribution in [0, 0.1) is 11.8 Å². The van der Waals surface area contributed by atoms with E-state index in [1.807, 2.05) is 6.92 Å². The number of rotatable bonds is 7. The summed E-state index contributed by atoms with van der Waals surface area (Å²) in [5.41, 5.74) is 0. The zero-order valence-corrected chi connectivity index (χ0v) is 14.9. The summed E-state index contributed by atoms with van der Waals surface area (Å²) in [5, 5.41) is 6.43. The van der Waals surface area contributed by atoms with Gasteiger partial charge in [-0.05, 0) is 57.0 Å². The van der Waals surface area contributed by atoms with E-state index in [-0.39, 0.29) is 30.5 Å². The maximum absolute atomic E-state index is 12.3. The molecule has 1 amide bonds. The van der Waals surface area contributed by atoms with E-state index in [1.165, 1.54) is 19.3 Å². The number of carbonyl (C=O) groups excluding carboxylic acids is 1. The average Bonchev–Trinajstić information content (AvgIpc) is 2.98. The molecule has 1 heterocycles. The molecule has 1 saturated heterocycles. The first-order valence-corrected chi connectivity index (χ1v) is 8.83. The van der Waals surface area contributed by atoms with Gasteiger partial charge in [-0.2, -0.15) is 0 Å². The highest BCUT2D eigenvalue weighted by atomic mass is 35.5. The van der Waals surface area contributed by atoms with Crippen LogP contribution in [-0.2, 0) is 9.53 Å². The molecular formula is C17H33ClN2O2. The third-order valence-corrected chi connectivity index (χ3v) is 4.92. The maximum atomic E-state index is 12.3. The molecule has 2 aliphatic rings. The molecule has 1 saturated carbocycles. The highest BCUT2D eigenvalue weighted by molar-refractivity contribution is 5.85. The van der Waals surface area contributed by atoms with Crippen LogP contribution < -0.4 is 10.6 Å². The largest absolute Gasteiger partial charge is 0.365 e. The third kappa shape index (κ3) is 6.43. The van der Waals surface area contributed by atoms with Crippen molar-refractivity contribution < 1.29 is 9.53 Å². The van der Waals surface area contributed by atoms with Crippen LogP contribution in [0.3, 0.4) is 0 Å². The average molecular weight is 333 g/mol. The molecule has 4 atom stereocenters. The molecule has 1 aliphatic carbocycles. The second-order valence-electron chi connectivity index (χ2n) is 6.87. The van der Waals surface area contributed by atoms with Gasteiger partial charge in [0.25, 0.3) is 0 Å². The van der Waals surface area contributed by atoms with E-state index >= 15 is 0 Å². The van der Waals surface area contributed by atoms with E-state index < -0.39 is 0 Å². The molecule has 2 N–H and O–H groups in total. The van der Waals surface area contributed by atoms with Crippen LogP contribution in [0.1, 0.15) is 58.8 Å². The monoisotopic (exact) mass is 332 g/mol. The maximum Gasteiger partial charge on any atom is 0.249 e. The summed E-state index contributed by atoms with van der Waals surface area (Å²) in [6.45, 7) is 7.33. The second kappa shape index (κ2) is 10.5. The van der Waals surface area contributed by atoms with Crippen molar-refractivity contribution in [2.75, 3.05) is 19.6 Å². The number of hydrogen-bond donors (Lipinski definition) is 2. The molecular weight excluding hydrogens is 300 g/mol. The Kier molecular flexibility index (Phi) is 9.37. The van der Waals surface area contributed by atoms with Crippen LogP contribution in [0.5, 0.6) is 0 Å². The first-order chi connectivity index (χ1) is 10.2. The minimum atomic E-state index is -0.262. The molecule has 0 spiro atoms. The third-order valence-electron chi connectivity index (χ3n) is 4.92.